The number of nitrogens with two attached hydrogens (primary N) is 1. The van der Waals surface area contributed by atoms with Crippen molar-refractivity contribution in [1.29, 1.82) is 0 Å². The zero-order chi connectivity index (χ0) is 15.0. The van der Waals surface area contributed by atoms with Crippen molar-refractivity contribution in [2.45, 2.75) is 6.54 Å². The summed E-state index contributed by atoms with van der Waals surface area (Å²) in [6.07, 6.45) is 1.69. The van der Waals surface area contributed by atoms with Crippen molar-refractivity contribution < 1.29 is 4.79 Å². The topological polar surface area (TPSA) is 55.1 Å². The standard InChI is InChI=1S/C14H13ClN2O.CH4S/c15-12-7-6-11(8-13(12)16)14(18)17-9-10-4-2-1-3-5-10;1-2/h1-8H,9,16H2,(H,17,18);2H,1H3. The molecule has 0 unspecified atom stereocenters. The molecule has 1 amide bonds. The quantitative estimate of drug-likeness (QED) is 0.601. The van der Waals surface area contributed by atoms with E-state index < -0.39 is 0 Å². The van der Waals surface area contributed by atoms with E-state index in [1.165, 1.54) is 0 Å². The third-order valence-corrected chi connectivity index (χ3v) is 2.90. The number of hydrogen-bond acceptors (Lipinski definition) is 3. The molecule has 0 saturated carbocycles. The van der Waals surface area contributed by atoms with Crippen LogP contribution in [0.1, 0.15) is 15.9 Å². The number of rotatable bonds is 3. The summed E-state index contributed by atoms with van der Waals surface area (Å²) in [5.74, 6) is -0.165. The van der Waals surface area contributed by atoms with Gasteiger partial charge in [-0.05, 0) is 30.0 Å². The van der Waals surface area contributed by atoms with Crippen LogP contribution in [0.3, 0.4) is 0 Å². The normalized spacial score (nSPS) is 9.35. The predicted octanol–water partition coefficient (Wildman–Crippen LogP) is 3.40. The number of benzene rings is 2. The number of anilines is 1. The van der Waals surface area contributed by atoms with E-state index in [1.807, 2.05) is 30.3 Å². The van der Waals surface area contributed by atoms with Gasteiger partial charge in [0.1, 0.15) is 0 Å². The second kappa shape index (κ2) is 8.51. The highest BCUT2D eigenvalue weighted by Crippen LogP contribution is 2.19. The highest BCUT2D eigenvalue weighted by Gasteiger charge is 2.06. The molecule has 2 aromatic carbocycles. The second-order valence-electron chi connectivity index (χ2n) is 3.90. The lowest BCUT2D eigenvalue weighted by molar-refractivity contribution is 0.0951. The first kappa shape index (κ1) is 16.4. The molecule has 2 aromatic rings. The molecule has 20 heavy (non-hydrogen) atoms. The zero-order valence-corrected chi connectivity index (χ0v) is 12.8. The maximum absolute atomic E-state index is 11.9. The van der Waals surface area contributed by atoms with Gasteiger partial charge in [-0.1, -0.05) is 41.9 Å². The first-order valence-corrected chi connectivity index (χ1v) is 7.26. The van der Waals surface area contributed by atoms with Gasteiger partial charge in [-0.3, -0.25) is 4.79 Å². The van der Waals surface area contributed by atoms with Crippen LogP contribution in [0.25, 0.3) is 0 Å². The van der Waals surface area contributed by atoms with Gasteiger partial charge >= 0.3 is 0 Å². The molecular weight excluding hydrogens is 292 g/mol. The van der Waals surface area contributed by atoms with E-state index in [9.17, 15) is 4.79 Å². The fourth-order valence-corrected chi connectivity index (χ4v) is 1.68. The molecule has 0 atom stereocenters. The lowest BCUT2D eigenvalue weighted by Gasteiger charge is -2.06. The number of nitrogens with one attached hydrogen (secondary N) is 1. The zero-order valence-electron chi connectivity index (χ0n) is 11.1. The summed E-state index contributed by atoms with van der Waals surface area (Å²) in [7, 11) is 0. The molecule has 0 aliphatic heterocycles. The Labute approximate surface area is 129 Å². The molecule has 0 aliphatic carbocycles. The third kappa shape index (κ3) is 4.79. The SMILES string of the molecule is CS.Nc1cc(C(=O)NCc2ccccc2)ccc1Cl. The van der Waals surface area contributed by atoms with Gasteiger partial charge in [-0.25, -0.2) is 0 Å². The molecule has 106 valence electrons. The Hall–Kier alpha value is -1.65. The van der Waals surface area contributed by atoms with Crippen molar-refractivity contribution in [2.24, 2.45) is 0 Å². The Morgan fingerprint density at radius 3 is 2.45 bits per heavy atom. The van der Waals surface area contributed by atoms with Crippen LogP contribution in [0.15, 0.2) is 48.5 Å². The maximum Gasteiger partial charge on any atom is 0.251 e. The maximum atomic E-state index is 11.9. The van der Waals surface area contributed by atoms with E-state index in [0.29, 0.717) is 22.8 Å². The molecule has 0 saturated heterocycles. The van der Waals surface area contributed by atoms with Crippen LogP contribution in [-0.4, -0.2) is 12.2 Å². The summed E-state index contributed by atoms with van der Waals surface area (Å²) in [5.41, 5.74) is 7.62. The first-order chi connectivity index (χ1) is 9.66. The van der Waals surface area contributed by atoms with Crippen LogP contribution in [0.4, 0.5) is 5.69 Å². The third-order valence-electron chi connectivity index (χ3n) is 2.55. The van der Waals surface area contributed by atoms with Crippen molar-refractivity contribution in [3.8, 4) is 0 Å². The first-order valence-electron chi connectivity index (χ1n) is 5.98. The van der Waals surface area contributed by atoms with Gasteiger partial charge in [0.25, 0.3) is 5.91 Å². The van der Waals surface area contributed by atoms with E-state index in [1.54, 1.807) is 24.5 Å². The number of thiol groups is 1. The van der Waals surface area contributed by atoms with Crippen LogP contribution in [0, 0.1) is 0 Å². The Morgan fingerprint density at radius 1 is 1.20 bits per heavy atom. The van der Waals surface area contributed by atoms with Crippen LogP contribution >= 0.6 is 24.2 Å². The van der Waals surface area contributed by atoms with E-state index in [4.69, 9.17) is 17.3 Å². The lowest BCUT2D eigenvalue weighted by Crippen LogP contribution is -2.22. The highest BCUT2D eigenvalue weighted by molar-refractivity contribution is 7.79. The molecule has 3 nitrogen and oxygen atoms in total. The van der Waals surface area contributed by atoms with Crippen LogP contribution in [0.2, 0.25) is 5.02 Å². The summed E-state index contributed by atoms with van der Waals surface area (Å²) in [6.45, 7) is 0.488. The number of carbonyl (C=O) groups is 1. The van der Waals surface area contributed by atoms with Gasteiger partial charge in [0.15, 0.2) is 0 Å². The molecule has 0 heterocycles. The van der Waals surface area contributed by atoms with Gasteiger partial charge in [0, 0.05) is 12.1 Å². The molecule has 0 fully saturated rings. The predicted molar refractivity (Wildman–Crippen MR) is 88.4 cm³/mol. The van der Waals surface area contributed by atoms with Gasteiger partial charge in [0.2, 0.25) is 0 Å². The minimum Gasteiger partial charge on any atom is -0.398 e. The Morgan fingerprint density at radius 2 is 1.85 bits per heavy atom. The Balaban J connectivity index is 0.000000956. The van der Waals surface area contributed by atoms with Crippen LogP contribution < -0.4 is 11.1 Å². The van der Waals surface area contributed by atoms with Crippen molar-refractivity contribution >= 4 is 35.8 Å². The van der Waals surface area contributed by atoms with Gasteiger partial charge in [-0.15, -0.1) is 0 Å². The van der Waals surface area contributed by atoms with E-state index in [-0.39, 0.29) is 5.91 Å². The number of halogens is 1. The smallest absolute Gasteiger partial charge is 0.251 e. The molecule has 0 aromatic heterocycles. The van der Waals surface area contributed by atoms with Crippen molar-refractivity contribution in [3.63, 3.8) is 0 Å². The largest absolute Gasteiger partial charge is 0.398 e. The van der Waals surface area contributed by atoms with Crippen molar-refractivity contribution in [1.82, 2.24) is 5.32 Å². The summed E-state index contributed by atoms with van der Waals surface area (Å²) < 4.78 is 0. The average Bonchev–Trinajstić information content (AvgIpc) is 2.50. The Bertz CT molecular complexity index is 561. The van der Waals surface area contributed by atoms with Crippen molar-refractivity contribution in [3.05, 3.63) is 64.7 Å². The minimum atomic E-state index is -0.165. The Kier molecular flexibility index (Phi) is 6.98. The molecule has 2 rings (SSSR count). The van der Waals surface area contributed by atoms with E-state index in [2.05, 4.69) is 17.9 Å². The summed E-state index contributed by atoms with van der Waals surface area (Å²) in [6, 6.07) is 14.6. The summed E-state index contributed by atoms with van der Waals surface area (Å²) in [5, 5.41) is 3.28. The lowest BCUT2D eigenvalue weighted by atomic mass is 10.1. The van der Waals surface area contributed by atoms with Gasteiger partial charge in [0.05, 0.1) is 10.7 Å². The molecule has 0 aliphatic rings. The van der Waals surface area contributed by atoms with E-state index >= 15 is 0 Å². The second-order valence-corrected chi connectivity index (χ2v) is 4.31. The van der Waals surface area contributed by atoms with Crippen LogP contribution in [-0.2, 0) is 6.54 Å². The molecular formula is C15H17ClN2OS. The number of amides is 1. The fourth-order valence-electron chi connectivity index (χ4n) is 1.57. The highest BCUT2D eigenvalue weighted by atomic mass is 35.5. The summed E-state index contributed by atoms with van der Waals surface area (Å²) >= 11 is 9.33. The molecule has 3 N–H and O–H groups in total. The average molecular weight is 309 g/mol. The van der Waals surface area contributed by atoms with Crippen LogP contribution in [0.5, 0.6) is 0 Å². The molecule has 5 heteroatoms. The molecule has 0 spiro atoms. The monoisotopic (exact) mass is 308 g/mol. The minimum absolute atomic E-state index is 0.165. The van der Waals surface area contributed by atoms with E-state index in [0.717, 1.165) is 5.56 Å². The van der Waals surface area contributed by atoms with Gasteiger partial charge < -0.3 is 11.1 Å². The number of hydrogen-bond donors (Lipinski definition) is 3. The molecule has 0 radical (unpaired) electrons. The number of carbonyl (C=O) groups excluding carboxylic acids is 1. The van der Waals surface area contributed by atoms with Gasteiger partial charge in [-0.2, -0.15) is 12.6 Å². The number of nitrogen functional groups attached to an aromatic ring is 1. The molecule has 0 bridgehead atoms. The van der Waals surface area contributed by atoms with Crippen molar-refractivity contribution in [2.75, 3.05) is 12.0 Å². The fraction of sp³-hybridized carbons (Fsp3) is 0.133. The summed E-state index contributed by atoms with van der Waals surface area (Å²) in [4.78, 5) is 11.9.